The molecule has 0 N–H and O–H groups in total. The van der Waals surface area contributed by atoms with E-state index in [1.54, 1.807) is 48.5 Å². The molecule has 30 heavy (non-hydrogen) atoms. The summed E-state index contributed by atoms with van der Waals surface area (Å²) in [6.07, 6.45) is 5.83. The van der Waals surface area contributed by atoms with E-state index in [0.717, 1.165) is 32.1 Å². The van der Waals surface area contributed by atoms with Crippen molar-refractivity contribution in [1.29, 1.82) is 0 Å². The minimum absolute atomic E-state index is 0.0485. The molecule has 0 bridgehead atoms. The number of benzene rings is 2. The molecule has 0 aromatic heterocycles. The second-order valence-electron chi connectivity index (χ2n) is 7.24. The van der Waals surface area contributed by atoms with Crippen LogP contribution in [0.4, 0.5) is 0 Å². The molecule has 1 unspecified atom stereocenters. The van der Waals surface area contributed by atoms with Crippen molar-refractivity contribution < 1.29 is 23.6 Å². The highest BCUT2D eigenvalue weighted by atomic mass is 31.2. The zero-order valence-corrected chi connectivity index (χ0v) is 19.0. The third-order valence-corrected chi connectivity index (χ3v) is 7.89. The summed E-state index contributed by atoms with van der Waals surface area (Å²) < 4.78 is 24.7. The number of methoxy groups -OCH3 is 2. The van der Waals surface area contributed by atoms with Crippen molar-refractivity contribution in [2.45, 2.75) is 45.4 Å². The van der Waals surface area contributed by atoms with Gasteiger partial charge in [0, 0.05) is 11.7 Å². The second-order valence-corrected chi connectivity index (χ2v) is 9.98. The molecule has 2 aromatic carbocycles. The summed E-state index contributed by atoms with van der Waals surface area (Å²) >= 11 is 0. The minimum Gasteiger partial charge on any atom is -0.496 e. The molecule has 0 spiro atoms. The fourth-order valence-corrected chi connectivity index (χ4v) is 5.85. The van der Waals surface area contributed by atoms with Gasteiger partial charge < -0.3 is 14.0 Å². The molecule has 6 heteroatoms. The van der Waals surface area contributed by atoms with Crippen molar-refractivity contribution in [3.8, 4) is 11.5 Å². The van der Waals surface area contributed by atoms with Crippen LogP contribution in [0.5, 0.6) is 11.5 Å². The highest BCUT2D eigenvalue weighted by Gasteiger charge is 2.42. The molecule has 0 saturated carbocycles. The fraction of sp³-hybridized carbons (Fsp3) is 0.417. The van der Waals surface area contributed by atoms with Gasteiger partial charge in [0.2, 0.25) is 18.2 Å². The molecule has 162 valence electrons. The van der Waals surface area contributed by atoms with Crippen LogP contribution in [0.1, 0.15) is 66.2 Å². The van der Waals surface area contributed by atoms with E-state index in [1.807, 2.05) is 0 Å². The normalized spacial score (nSPS) is 12.8. The van der Waals surface area contributed by atoms with Gasteiger partial charge in [-0.05, 0) is 18.6 Å². The Bertz CT molecular complexity index is 869. The Balaban J connectivity index is 2.39. The molecule has 0 radical (unpaired) electrons. The van der Waals surface area contributed by atoms with Gasteiger partial charge >= 0.3 is 0 Å². The summed E-state index contributed by atoms with van der Waals surface area (Å²) in [5.41, 5.74) is -0.941. The van der Waals surface area contributed by atoms with Crippen molar-refractivity contribution in [3.05, 3.63) is 59.7 Å². The number of carbonyl (C=O) groups excluding carboxylic acids is 2. The van der Waals surface area contributed by atoms with Crippen molar-refractivity contribution in [1.82, 2.24) is 0 Å². The van der Waals surface area contributed by atoms with Crippen LogP contribution in [-0.2, 0) is 4.57 Å². The lowest BCUT2D eigenvalue weighted by atomic mass is 10.1. The molecule has 0 aliphatic heterocycles. The number of hydrogen-bond acceptors (Lipinski definition) is 5. The van der Waals surface area contributed by atoms with Gasteiger partial charge in [0.05, 0.1) is 14.2 Å². The Morgan fingerprint density at radius 1 is 0.767 bits per heavy atom. The minimum atomic E-state index is -3.92. The summed E-state index contributed by atoms with van der Waals surface area (Å²) in [7, 11) is -1.05. The van der Waals surface area contributed by atoms with Crippen LogP contribution >= 0.6 is 7.14 Å². The molecular formula is C24H31O5P. The predicted octanol–water partition coefficient (Wildman–Crippen LogP) is 6.41. The Hall–Kier alpha value is -2.39. The zero-order valence-electron chi connectivity index (χ0n) is 18.1. The smallest absolute Gasteiger partial charge is 0.236 e. The number of hydrogen-bond donors (Lipinski definition) is 0. The third-order valence-electron chi connectivity index (χ3n) is 5.15. The first kappa shape index (κ1) is 23.9. The summed E-state index contributed by atoms with van der Waals surface area (Å²) in [6.45, 7) is 2.14. The number of unbranched alkanes of at least 4 members (excludes halogenated alkanes) is 5. The molecule has 0 heterocycles. The van der Waals surface area contributed by atoms with E-state index in [9.17, 15) is 14.2 Å². The fourth-order valence-electron chi connectivity index (χ4n) is 3.44. The number of rotatable bonds is 13. The molecule has 0 saturated heterocycles. The lowest BCUT2D eigenvalue weighted by molar-refractivity contribution is 0.103. The average molecular weight is 430 g/mol. The quantitative estimate of drug-likeness (QED) is 0.271. The van der Waals surface area contributed by atoms with E-state index in [2.05, 4.69) is 6.92 Å². The van der Waals surface area contributed by atoms with Gasteiger partial charge in [0.15, 0.2) is 0 Å². The van der Waals surface area contributed by atoms with E-state index < -0.39 is 18.2 Å². The first-order chi connectivity index (χ1) is 14.5. The van der Waals surface area contributed by atoms with Crippen LogP contribution in [0.25, 0.3) is 0 Å². The van der Waals surface area contributed by atoms with Crippen LogP contribution in [0.2, 0.25) is 0 Å². The third kappa shape index (κ3) is 5.60. The van der Waals surface area contributed by atoms with Gasteiger partial charge in [-0.3, -0.25) is 9.59 Å². The predicted molar refractivity (Wildman–Crippen MR) is 120 cm³/mol. The molecule has 2 aromatic rings. The van der Waals surface area contributed by atoms with Gasteiger partial charge in [0.1, 0.15) is 17.1 Å². The Kier molecular flexibility index (Phi) is 9.32. The van der Waals surface area contributed by atoms with Crippen LogP contribution in [-0.4, -0.2) is 31.4 Å². The summed E-state index contributed by atoms with van der Waals surface area (Å²) in [4.78, 5) is 26.8. The van der Waals surface area contributed by atoms with E-state index in [1.165, 1.54) is 14.2 Å². The van der Waals surface area contributed by atoms with E-state index in [0.29, 0.717) is 6.42 Å². The maximum atomic E-state index is 14.0. The lowest BCUT2D eigenvalue weighted by Gasteiger charge is -2.19. The SMILES string of the molecule is CCCCCCCCP(=O)(C(=O)c1ccccc1)C(=O)c1c(OC)cccc1OC. The van der Waals surface area contributed by atoms with Gasteiger partial charge in [0.25, 0.3) is 0 Å². The summed E-state index contributed by atoms with van der Waals surface area (Å²) in [5.74, 6) is 0.506. The Morgan fingerprint density at radius 2 is 1.33 bits per heavy atom. The van der Waals surface area contributed by atoms with Crippen molar-refractivity contribution in [3.63, 3.8) is 0 Å². The average Bonchev–Trinajstić information content (AvgIpc) is 2.80. The first-order valence-corrected chi connectivity index (χ1v) is 12.3. The zero-order chi connectivity index (χ0) is 22.0. The van der Waals surface area contributed by atoms with Gasteiger partial charge in [-0.1, -0.05) is 75.4 Å². The lowest BCUT2D eigenvalue weighted by Crippen LogP contribution is -2.15. The highest BCUT2D eigenvalue weighted by Crippen LogP contribution is 2.55. The van der Waals surface area contributed by atoms with Gasteiger partial charge in [-0.25, -0.2) is 0 Å². The van der Waals surface area contributed by atoms with Crippen LogP contribution in [0, 0.1) is 0 Å². The monoisotopic (exact) mass is 430 g/mol. The summed E-state index contributed by atoms with van der Waals surface area (Å²) in [5, 5.41) is 0. The van der Waals surface area contributed by atoms with Crippen LogP contribution in [0.3, 0.4) is 0 Å². The molecule has 0 aliphatic rings. The maximum Gasteiger partial charge on any atom is 0.236 e. The maximum absolute atomic E-state index is 14.0. The standard InChI is InChI=1S/C24H31O5P/c1-4-5-6-7-8-12-18-30(27,23(25)19-14-10-9-11-15-19)24(26)22-20(28-2)16-13-17-21(22)29-3/h9-11,13-17H,4-8,12,18H2,1-3H3. The second kappa shape index (κ2) is 11.7. The van der Waals surface area contributed by atoms with Crippen LogP contribution in [0.15, 0.2) is 48.5 Å². The largest absolute Gasteiger partial charge is 0.496 e. The Labute approximate surface area is 179 Å². The molecular weight excluding hydrogens is 399 g/mol. The van der Waals surface area contributed by atoms with Gasteiger partial charge in [-0.2, -0.15) is 0 Å². The molecule has 2 rings (SSSR count). The van der Waals surface area contributed by atoms with Crippen molar-refractivity contribution >= 4 is 18.2 Å². The molecule has 1 atom stereocenters. The topological polar surface area (TPSA) is 69.7 Å². The molecule has 0 fully saturated rings. The van der Waals surface area contributed by atoms with Crippen LogP contribution < -0.4 is 9.47 Å². The van der Waals surface area contributed by atoms with Gasteiger partial charge in [-0.15, -0.1) is 0 Å². The van der Waals surface area contributed by atoms with E-state index >= 15 is 0 Å². The number of carbonyl (C=O) groups is 2. The summed E-state index contributed by atoms with van der Waals surface area (Å²) in [6, 6.07) is 13.3. The van der Waals surface area contributed by atoms with Crippen molar-refractivity contribution in [2.75, 3.05) is 20.4 Å². The first-order valence-electron chi connectivity index (χ1n) is 10.4. The number of ether oxygens (including phenoxy) is 2. The molecule has 5 nitrogen and oxygen atoms in total. The highest BCUT2D eigenvalue weighted by molar-refractivity contribution is 7.95. The van der Waals surface area contributed by atoms with E-state index in [-0.39, 0.29) is 28.8 Å². The molecule has 0 aliphatic carbocycles. The van der Waals surface area contributed by atoms with Crippen molar-refractivity contribution in [2.24, 2.45) is 0 Å². The van der Waals surface area contributed by atoms with E-state index in [4.69, 9.17) is 9.47 Å². The molecule has 0 amide bonds. The Morgan fingerprint density at radius 3 is 1.90 bits per heavy atom.